The van der Waals surface area contributed by atoms with E-state index < -0.39 is 5.97 Å². The van der Waals surface area contributed by atoms with Crippen LogP contribution in [0, 0.1) is 0 Å². The molecule has 0 amide bonds. The van der Waals surface area contributed by atoms with Gasteiger partial charge in [-0.05, 0) is 32.0 Å². The van der Waals surface area contributed by atoms with Crippen LogP contribution in [0.25, 0.3) is 5.82 Å². The van der Waals surface area contributed by atoms with Crippen molar-refractivity contribution in [2.24, 2.45) is 0 Å². The van der Waals surface area contributed by atoms with E-state index in [1.165, 1.54) is 16.9 Å². The number of nitrogens with zero attached hydrogens (tertiary/aromatic N) is 4. The van der Waals surface area contributed by atoms with Gasteiger partial charge in [0.25, 0.3) is 0 Å². The van der Waals surface area contributed by atoms with Crippen LogP contribution >= 0.6 is 0 Å². The third-order valence-corrected chi connectivity index (χ3v) is 3.75. The monoisotopic (exact) mass is 338 g/mol. The summed E-state index contributed by atoms with van der Waals surface area (Å²) in [6.45, 7) is 6.51. The molecule has 0 spiro atoms. The molecule has 8 heteroatoms. The molecule has 7 nitrogen and oxygen atoms in total. The number of hydrogen-bond acceptors (Lipinski definition) is 6. The van der Waals surface area contributed by atoms with Gasteiger partial charge in [0.1, 0.15) is 0 Å². The van der Waals surface area contributed by atoms with Crippen LogP contribution in [0.2, 0.25) is 0 Å². The van der Waals surface area contributed by atoms with E-state index in [1.807, 2.05) is 6.07 Å². The van der Waals surface area contributed by atoms with Crippen molar-refractivity contribution in [1.82, 2.24) is 19.7 Å². The fraction of sp³-hybridized carbons (Fsp3) is 0.438. The molecule has 1 aliphatic heterocycles. The first-order chi connectivity index (χ1) is 11.0. The van der Waals surface area contributed by atoms with Crippen LogP contribution in [0.5, 0.6) is 0 Å². The average Bonchev–Trinajstić information content (AvgIpc) is 2.94. The second kappa shape index (κ2) is 8.22. The molecule has 0 aromatic carbocycles. The third kappa shape index (κ3) is 4.43. The molecule has 3 heterocycles. The molecule has 1 aliphatic rings. The van der Waals surface area contributed by atoms with E-state index in [0.29, 0.717) is 6.54 Å². The molecule has 1 saturated heterocycles. The minimum atomic E-state index is -1.26. The molecule has 2 aromatic heterocycles. The van der Waals surface area contributed by atoms with E-state index in [0.717, 1.165) is 18.8 Å². The number of ether oxygens (including phenoxy) is 1. The first-order valence-corrected chi connectivity index (χ1v) is 7.62. The maximum absolute atomic E-state index is 11.2. The summed E-state index contributed by atoms with van der Waals surface area (Å²) in [5.74, 6) is -0.997. The summed E-state index contributed by atoms with van der Waals surface area (Å²) < 4.78 is 7.20. The van der Waals surface area contributed by atoms with Crippen molar-refractivity contribution in [3.05, 3.63) is 41.9 Å². The van der Waals surface area contributed by atoms with Crippen LogP contribution in [0.1, 0.15) is 29.9 Å². The summed E-state index contributed by atoms with van der Waals surface area (Å²) in [4.78, 5) is 17.6. The second-order valence-corrected chi connectivity index (χ2v) is 5.87. The maximum Gasteiger partial charge on any atom is 1.00 e. The van der Waals surface area contributed by atoms with Crippen molar-refractivity contribution in [3.8, 4) is 5.82 Å². The normalized spacial score (nSPS) is 21.2. The molecule has 0 saturated carbocycles. The van der Waals surface area contributed by atoms with E-state index in [1.54, 1.807) is 12.3 Å². The standard InChI is InChI=1S/C16H20N4O3.Na/c1-11-8-19(9-12(2)23-11)10-13-5-7-20(18-13)15-14(16(21)22)4-3-6-17-15;/h3-7,11-12H,8-10H2,1-2H3,(H,21,22);/q;+1/p-1. The molecule has 3 rings (SSSR count). The first kappa shape index (κ1) is 19.1. The topological polar surface area (TPSA) is 83.3 Å². The number of carbonyl (C=O) groups excluding carboxylic acids is 1. The smallest absolute Gasteiger partial charge is 0.545 e. The molecule has 122 valence electrons. The minimum Gasteiger partial charge on any atom is -0.545 e. The van der Waals surface area contributed by atoms with Crippen LogP contribution < -0.4 is 34.7 Å². The van der Waals surface area contributed by atoms with Gasteiger partial charge in [-0.2, -0.15) is 5.10 Å². The molecular formula is C16H19N4NaO3. The molecule has 1 fully saturated rings. The average molecular weight is 338 g/mol. The van der Waals surface area contributed by atoms with Gasteiger partial charge in [0.05, 0.1) is 23.9 Å². The van der Waals surface area contributed by atoms with Crippen molar-refractivity contribution in [2.75, 3.05) is 13.1 Å². The van der Waals surface area contributed by atoms with Gasteiger partial charge in [-0.25, -0.2) is 9.67 Å². The Morgan fingerprint density at radius 2 is 2.04 bits per heavy atom. The van der Waals surface area contributed by atoms with Crippen LogP contribution in [0.3, 0.4) is 0 Å². The molecule has 2 unspecified atom stereocenters. The van der Waals surface area contributed by atoms with Gasteiger partial charge in [0.15, 0.2) is 5.82 Å². The second-order valence-electron chi connectivity index (χ2n) is 5.87. The van der Waals surface area contributed by atoms with Gasteiger partial charge in [-0.15, -0.1) is 0 Å². The Bertz CT molecular complexity index is 696. The molecule has 0 aliphatic carbocycles. The zero-order valence-corrected chi connectivity index (χ0v) is 16.2. The number of hydrogen-bond donors (Lipinski definition) is 0. The van der Waals surface area contributed by atoms with Crippen LogP contribution in [0.4, 0.5) is 0 Å². The largest absolute Gasteiger partial charge is 1.00 e. The Morgan fingerprint density at radius 3 is 2.71 bits per heavy atom. The number of pyridine rings is 1. The number of aromatic nitrogens is 3. The number of rotatable bonds is 4. The molecule has 0 N–H and O–H groups in total. The van der Waals surface area contributed by atoms with Crippen molar-refractivity contribution in [1.29, 1.82) is 0 Å². The Balaban J connectivity index is 0.00000208. The Kier molecular flexibility index (Phi) is 6.54. The zero-order chi connectivity index (χ0) is 16.4. The summed E-state index contributed by atoms with van der Waals surface area (Å²) in [6, 6.07) is 4.90. The Hall–Kier alpha value is -1.25. The number of carbonyl (C=O) groups is 1. The van der Waals surface area contributed by atoms with Gasteiger partial charge in [0.2, 0.25) is 0 Å². The molecule has 24 heavy (non-hydrogen) atoms. The summed E-state index contributed by atoms with van der Waals surface area (Å²) in [5.41, 5.74) is 0.886. The maximum atomic E-state index is 11.2. The van der Waals surface area contributed by atoms with Crippen LogP contribution in [-0.4, -0.2) is 50.9 Å². The van der Waals surface area contributed by atoms with Crippen molar-refractivity contribution in [2.45, 2.75) is 32.6 Å². The van der Waals surface area contributed by atoms with Gasteiger partial charge >= 0.3 is 29.6 Å². The van der Waals surface area contributed by atoms with E-state index >= 15 is 0 Å². The van der Waals surface area contributed by atoms with Gasteiger partial charge in [-0.3, -0.25) is 4.90 Å². The molecule has 2 aromatic rings. The molecule has 0 radical (unpaired) electrons. The predicted octanol–water partition coefficient (Wildman–Crippen LogP) is -2.76. The number of carboxylic acid groups (broad SMARTS) is 1. The van der Waals surface area contributed by atoms with E-state index in [9.17, 15) is 9.90 Å². The predicted molar refractivity (Wildman–Crippen MR) is 81.0 cm³/mol. The van der Waals surface area contributed by atoms with Crippen molar-refractivity contribution >= 4 is 5.97 Å². The fourth-order valence-corrected chi connectivity index (χ4v) is 2.95. The van der Waals surface area contributed by atoms with Crippen molar-refractivity contribution in [3.63, 3.8) is 0 Å². The van der Waals surface area contributed by atoms with E-state index in [4.69, 9.17) is 4.74 Å². The zero-order valence-electron chi connectivity index (χ0n) is 14.2. The Morgan fingerprint density at radius 1 is 1.33 bits per heavy atom. The summed E-state index contributed by atoms with van der Waals surface area (Å²) in [5, 5.41) is 15.6. The SMILES string of the molecule is CC1CN(Cc2ccn(-c3ncccc3C(=O)[O-])n2)CC(C)O1.[Na+]. The molecule has 2 atom stereocenters. The van der Waals surface area contributed by atoms with E-state index in [2.05, 4.69) is 28.8 Å². The summed E-state index contributed by atoms with van der Waals surface area (Å²) in [7, 11) is 0. The Labute approximate surface area is 162 Å². The number of aromatic carboxylic acids is 1. The fourth-order valence-electron chi connectivity index (χ4n) is 2.95. The quantitative estimate of drug-likeness (QED) is 0.562. The number of morpholine rings is 1. The minimum absolute atomic E-state index is 0. The van der Waals surface area contributed by atoms with Gasteiger partial charge in [-0.1, -0.05) is 0 Å². The molecule has 0 bridgehead atoms. The number of carboxylic acids is 1. The van der Waals surface area contributed by atoms with Crippen molar-refractivity contribution < 1.29 is 44.2 Å². The summed E-state index contributed by atoms with van der Waals surface area (Å²) >= 11 is 0. The van der Waals surface area contributed by atoms with Gasteiger partial charge < -0.3 is 14.6 Å². The third-order valence-electron chi connectivity index (χ3n) is 3.75. The van der Waals surface area contributed by atoms with Crippen LogP contribution in [0.15, 0.2) is 30.6 Å². The summed E-state index contributed by atoms with van der Waals surface area (Å²) in [6.07, 6.45) is 3.65. The molecular weight excluding hydrogens is 319 g/mol. The first-order valence-electron chi connectivity index (χ1n) is 7.62. The van der Waals surface area contributed by atoms with Gasteiger partial charge in [0, 0.05) is 37.6 Å². The van der Waals surface area contributed by atoms with Crippen LogP contribution in [-0.2, 0) is 11.3 Å². The van der Waals surface area contributed by atoms with E-state index in [-0.39, 0.29) is 53.1 Å².